The SMILES string of the molecule is CCCC[C@H]1CN(c2ccc(OC)cc2)[C@@H]1C. The molecule has 0 aromatic heterocycles. The van der Waals surface area contributed by atoms with E-state index in [1.54, 1.807) is 7.11 Å². The molecule has 1 fully saturated rings. The van der Waals surface area contributed by atoms with Gasteiger partial charge in [0.1, 0.15) is 5.75 Å². The van der Waals surface area contributed by atoms with Crippen LogP contribution in [0.1, 0.15) is 33.1 Å². The van der Waals surface area contributed by atoms with Gasteiger partial charge in [-0.25, -0.2) is 0 Å². The van der Waals surface area contributed by atoms with Gasteiger partial charge in [0.15, 0.2) is 0 Å². The van der Waals surface area contributed by atoms with Crippen molar-refractivity contribution < 1.29 is 4.74 Å². The number of unbranched alkanes of at least 4 members (excludes halogenated alkanes) is 1. The molecule has 0 spiro atoms. The summed E-state index contributed by atoms with van der Waals surface area (Å²) in [6.45, 7) is 5.83. The average molecular weight is 233 g/mol. The number of hydrogen-bond acceptors (Lipinski definition) is 2. The van der Waals surface area contributed by atoms with E-state index in [-0.39, 0.29) is 0 Å². The summed E-state index contributed by atoms with van der Waals surface area (Å²) in [6.07, 6.45) is 4.06. The molecule has 94 valence electrons. The molecule has 2 atom stereocenters. The highest BCUT2D eigenvalue weighted by molar-refractivity contribution is 5.52. The van der Waals surface area contributed by atoms with Crippen LogP contribution in [0.5, 0.6) is 5.75 Å². The number of hydrogen-bond donors (Lipinski definition) is 0. The summed E-state index contributed by atoms with van der Waals surface area (Å²) in [6, 6.07) is 9.09. The lowest BCUT2D eigenvalue weighted by molar-refractivity contribution is 0.287. The first kappa shape index (κ1) is 12.3. The van der Waals surface area contributed by atoms with E-state index in [2.05, 4.69) is 30.9 Å². The van der Waals surface area contributed by atoms with Gasteiger partial charge >= 0.3 is 0 Å². The van der Waals surface area contributed by atoms with Crippen molar-refractivity contribution in [3.05, 3.63) is 24.3 Å². The molecule has 1 aliphatic heterocycles. The van der Waals surface area contributed by atoms with E-state index in [4.69, 9.17) is 4.74 Å². The van der Waals surface area contributed by atoms with Crippen molar-refractivity contribution in [3.8, 4) is 5.75 Å². The lowest BCUT2D eigenvalue weighted by Gasteiger charge is -2.48. The molecular formula is C15H23NO. The molecule has 17 heavy (non-hydrogen) atoms. The molecule has 0 N–H and O–H groups in total. The predicted molar refractivity (Wildman–Crippen MR) is 72.8 cm³/mol. The zero-order valence-corrected chi connectivity index (χ0v) is 11.1. The molecule has 1 aliphatic rings. The van der Waals surface area contributed by atoms with Crippen LogP contribution in [0.15, 0.2) is 24.3 Å². The molecule has 0 radical (unpaired) electrons. The van der Waals surface area contributed by atoms with Crippen LogP contribution in [0.2, 0.25) is 0 Å². The zero-order valence-electron chi connectivity index (χ0n) is 11.1. The Kier molecular flexibility index (Phi) is 3.93. The quantitative estimate of drug-likeness (QED) is 0.768. The van der Waals surface area contributed by atoms with E-state index in [9.17, 15) is 0 Å². The highest BCUT2D eigenvalue weighted by Crippen LogP contribution is 2.34. The number of methoxy groups -OCH3 is 1. The molecule has 2 rings (SSSR count). The zero-order chi connectivity index (χ0) is 12.3. The van der Waals surface area contributed by atoms with Gasteiger partial charge in [-0.15, -0.1) is 0 Å². The Morgan fingerprint density at radius 1 is 1.29 bits per heavy atom. The Morgan fingerprint density at radius 2 is 2.00 bits per heavy atom. The summed E-state index contributed by atoms with van der Waals surface area (Å²) in [5.74, 6) is 1.82. The van der Waals surface area contributed by atoms with Gasteiger partial charge in [-0.1, -0.05) is 19.8 Å². The molecule has 2 nitrogen and oxygen atoms in total. The molecule has 0 bridgehead atoms. The highest BCUT2D eigenvalue weighted by Gasteiger charge is 2.34. The van der Waals surface area contributed by atoms with Crippen LogP contribution in [-0.2, 0) is 0 Å². The van der Waals surface area contributed by atoms with Crippen LogP contribution in [0, 0.1) is 5.92 Å². The molecular weight excluding hydrogens is 210 g/mol. The average Bonchev–Trinajstić information content (AvgIpc) is 2.38. The second-order valence-corrected chi connectivity index (χ2v) is 4.99. The summed E-state index contributed by atoms with van der Waals surface area (Å²) >= 11 is 0. The second kappa shape index (κ2) is 5.44. The first-order valence-electron chi connectivity index (χ1n) is 6.67. The maximum absolute atomic E-state index is 5.18. The topological polar surface area (TPSA) is 12.5 Å². The van der Waals surface area contributed by atoms with Crippen molar-refractivity contribution in [3.63, 3.8) is 0 Å². The van der Waals surface area contributed by atoms with E-state index in [0.717, 1.165) is 11.7 Å². The monoisotopic (exact) mass is 233 g/mol. The van der Waals surface area contributed by atoms with Gasteiger partial charge in [-0.2, -0.15) is 0 Å². The van der Waals surface area contributed by atoms with E-state index < -0.39 is 0 Å². The number of anilines is 1. The largest absolute Gasteiger partial charge is 0.497 e. The molecule has 0 unspecified atom stereocenters. The van der Waals surface area contributed by atoms with Gasteiger partial charge < -0.3 is 9.64 Å². The minimum absolute atomic E-state index is 0.690. The lowest BCUT2D eigenvalue weighted by atomic mass is 9.85. The van der Waals surface area contributed by atoms with Gasteiger partial charge in [0, 0.05) is 18.3 Å². The normalized spacial score (nSPS) is 23.4. The van der Waals surface area contributed by atoms with Crippen LogP contribution in [0.3, 0.4) is 0 Å². The van der Waals surface area contributed by atoms with Crippen molar-refractivity contribution in [2.75, 3.05) is 18.6 Å². The maximum Gasteiger partial charge on any atom is 0.119 e. The minimum Gasteiger partial charge on any atom is -0.497 e. The van der Waals surface area contributed by atoms with Gasteiger partial charge in [0.05, 0.1) is 7.11 Å². The summed E-state index contributed by atoms with van der Waals surface area (Å²) in [7, 11) is 1.71. The first-order chi connectivity index (χ1) is 8.26. The van der Waals surface area contributed by atoms with Crippen molar-refractivity contribution in [1.82, 2.24) is 0 Å². The first-order valence-corrected chi connectivity index (χ1v) is 6.67. The van der Waals surface area contributed by atoms with Gasteiger partial charge in [0.25, 0.3) is 0 Å². The second-order valence-electron chi connectivity index (χ2n) is 4.99. The summed E-state index contributed by atoms with van der Waals surface area (Å²) < 4.78 is 5.18. The van der Waals surface area contributed by atoms with Gasteiger partial charge in [-0.3, -0.25) is 0 Å². The third kappa shape index (κ3) is 2.56. The Balaban J connectivity index is 1.92. The van der Waals surface area contributed by atoms with Crippen LogP contribution < -0.4 is 9.64 Å². The van der Waals surface area contributed by atoms with Crippen LogP contribution in [0.25, 0.3) is 0 Å². The number of ether oxygens (including phenoxy) is 1. The fourth-order valence-electron chi connectivity index (χ4n) is 2.60. The van der Waals surface area contributed by atoms with Gasteiger partial charge in [0.2, 0.25) is 0 Å². The molecule has 1 aromatic carbocycles. The molecule has 1 aromatic rings. The number of nitrogens with zero attached hydrogens (tertiary/aromatic N) is 1. The Hall–Kier alpha value is -1.18. The standard InChI is InChI=1S/C15H23NO/c1-4-5-6-13-11-16(12(13)2)14-7-9-15(17-3)10-8-14/h7-10,12-13H,4-6,11H2,1-3H3/t12-,13+/m1/s1. The molecule has 0 amide bonds. The molecule has 1 saturated heterocycles. The third-order valence-electron chi connectivity index (χ3n) is 3.94. The lowest BCUT2D eigenvalue weighted by Crippen LogP contribution is -2.54. The van der Waals surface area contributed by atoms with E-state index >= 15 is 0 Å². The predicted octanol–water partition coefficient (Wildman–Crippen LogP) is 3.71. The summed E-state index contributed by atoms with van der Waals surface area (Å²) in [5, 5.41) is 0. The number of benzene rings is 1. The van der Waals surface area contributed by atoms with Crippen molar-refractivity contribution in [2.45, 2.75) is 39.2 Å². The molecule has 1 heterocycles. The van der Waals surface area contributed by atoms with Crippen molar-refractivity contribution in [1.29, 1.82) is 0 Å². The van der Waals surface area contributed by atoms with E-state index in [1.165, 1.54) is 31.5 Å². The van der Waals surface area contributed by atoms with Crippen LogP contribution in [0.4, 0.5) is 5.69 Å². The van der Waals surface area contributed by atoms with Crippen molar-refractivity contribution in [2.24, 2.45) is 5.92 Å². The summed E-state index contributed by atoms with van der Waals surface area (Å²) in [4.78, 5) is 2.49. The maximum atomic E-state index is 5.18. The Morgan fingerprint density at radius 3 is 2.53 bits per heavy atom. The fourth-order valence-corrected chi connectivity index (χ4v) is 2.60. The van der Waals surface area contributed by atoms with Crippen LogP contribution in [-0.4, -0.2) is 19.7 Å². The molecule has 0 saturated carbocycles. The summed E-state index contributed by atoms with van der Waals surface area (Å²) in [5.41, 5.74) is 1.33. The fraction of sp³-hybridized carbons (Fsp3) is 0.600. The molecule has 0 aliphatic carbocycles. The van der Waals surface area contributed by atoms with Gasteiger partial charge in [-0.05, 0) is 43.5 Å². The van der Waals surface area contributed by atoms with E-state index in [0.29, 0.717) is 6.04 Å². The Bertz CT molecular complexity index is 346. The Labute approximate surface area is 105 Å². The highest BCUT2D eigenvalue weighted by atomic mass is 16.5. The van der Waals surface area contributed by atoms with E-state index in [1.807, 2.05) is 12.1 Å². The number of rotatable bonds is 5. The minimum atomic E-state index is 0.690. The molecule has 2 heteroatoms. The third-order valence-corrected chi connectivity index (χ3v) is 3.94. The smallest absolute Gasteiger partial charge is 0.119 e. The van der Waals surface area contributed by atoms with Crippen LogP contribution >= 0.6 is 0 Å². The van der Waals surface area contributed by atoms with Crippen molar-refractivity contribution >= 4 is 5.69 Å².